The van der Waals surface area contributed by atoms with Crippen LogP contribution in [0.4, 0.5) is 0 Å². The third-order valence-corrected chi connectivity index (χ3v) is 3.83. The van der Waals surface area contributed by atoms with Crippen molar-refractivity contribution in [2.24, 2.45) is 0 Å². The van der Waals surface area contributed by atoms with Crippen LogP contribution in [0.2, 0.25) is 4.34 Å². The van der Waals surface area contributed by atoms with Crippen LogP contribution in [0, 0.1) is 0 Å². The van der Waals surface area contributed by atoms with Crippen molar-refractivity contribution in [2.75, 3.05) is 33.3 Å². The Morgan fingerprint density at radius 1 is 1.58 bits per heavy atom. The predicted molar refractivity (Wildman–Crippen MR) is 79.5 cm³/mol. The average molecular weight is 303 g/mol. The first-order valence-electron chi connectivity index (χ1n) is 5.99. The summed E-state index contributed by atoms with van der Waals surface area (Å²) in [6, 6.07) is 3.75. The second-order valence-corrected chi connectivity index (χ2v) is 6.00. The molecule has 0 spiro atoms. The number of carbonyl (C=O) groups excluding carboxylic acids is 1. The molecule has 1 N–H and O–H groups in total. The van der Waals surface area contributed by atoms with Gasteiger partial charge in [-0.15, -0.1) is 17.9 Å². The van der Waals surface area contributed by atoms with Crippen molar-refractivity contribution in [3.63, 3.8) is 0 Å². The van der Waals surface area contributed by atoms with Crippen molar-refractivity contribution >= 4 is 28.8 Å². The minimum Gasteiger partial charge on any atom is -0.395 e. The first-order chi connectivity index (χ1) is 9.06. The molecular formula is C13H19ClN2O2S. The van der Waals surface area contributed by atoms with Crippen molar-refractivity contribution in [1.29, 1.82) is 0 Å². The Kier molecular flexibility index (Phi) is 7.09. The van der Waals surface area contributed by atoms with E-state index in [4.69, 9.17) is 16.7 Å². The van der Waals surface area contributed by atoms with Crippen LogP contribution in [0.1, 0.15) is 4.88 Å². The molecule has 1 aromatic rings. The fraction of sp³-hybridized carbons (Fsp3) is 0.462. The maximum atomic E-state index is 12.1. The van der Waals surface area contributed by atoms with Crippen molar-refractivity contribution in [1.82, 2.24) is 9.80 Å². The number of likely N-dealkylation sites (N-methyl/N-ethyl adjacent to an activating group) is 1. The fourth-order valence-electron chi connectivity index (χ4n) is 1.63. The second kappa shape index (κ2) is 8.32. The molecule has 1 amide bonds. The lowest BCUT2D eigenvalue weighted by Crippen LogP contribution is -2.39. The fourth-order valence-corrected chi connectivity index (χ4v) is 2.77. The van der Waals surface area contributed by atoms with Gasteiger partial charge in [0.15, 0.2) is 0 Å². The molecule has 0 saturated heterocycles. The molecule has 0 aliphatic rings. The average Bonchev–Trinajstić information content (AvgIpc) is 2.75. The van der Waals surface area contributed by atoms with Crippen LogP contribution < -0.4 is 0 Å². The van der Waals surface area contributed by atoms with E-state index in [1.807, 2.05) is 17.0 Å². The summed E-state index contributed by atoms with van der Waals surface area (Å²) in [4.78, 5) is 16.6. The Morgan fingerprint density at radius 3 is 2.84 bits per heavy atom. The summed E-state index contributed by atoms with van der Waals surface area (Å²) in [5.41, 5.74) is 0. The molecule has 0 bridgehead atoms. The number of hydrogen-bond donors (Lipinski definition) is 1. The summed E-state index contributed by atoms with van der Waals surface area (Å²) in [5, 5.41) is 8.94. The van der Waals surface area contributed by atoms with Gasteiger partial charge in [0.25, 0.3) is 0 Å². The minimum absolute atomic E-state index is 0.0137. The van der Waals surface area contributed by atoms with E-state index in [0.717, 1.165) is 9.21 Å². The molecule has 106 valence electrons. The summed E-state index contributed by atoms with van der Waals surface area (Å²) >= 11 is 7.33. The second-order valence-electron chi connectivity index (χ2n) is 4.20. The molecule has 0 aromatic carbocycles. The molecule has 1 aromatic heterocycles. The number of thiophene rings is 1. The van der Waals surface area contributed by atoms with Crippen LogP contribution in [-0.4, -0.2) is 54.1 Å². The van der Waals surface area contributed by atoms with Gasteiger partial charge in [0.05, 0.1) is 24.0 Å². The van der Waals surface area contributed by atoms with Crippen LogP contribution >= 0.6 is 22.9 Å². The van der Waals surface area contributed by atoms with Gasteiger partial charge in [-0.2, -0.15) is 0 Å². The van der Waals surface area contributed by atoms with Crippen LogP contribution in [0.5, 0.6) is 0 Å². The first kappa shape index (κ1) is 16.2. The summed E-state index contributed by atoms with van der Waals surface area (Å²) < 4.78 is 0.726. The highest BCUT2D eigenvalue weighted by molar-refractivity contribution is 7.16. The number of carbonyl (C=O) groups is 1. The summed E-state index contributed by atoms with van der Waals surface area (Å²) in [5.74, 6) is 0.0137. The highest BCUT2D eigenvalue weighted by Crippen LogP contribution is 2.22. The maximum absolute atomic E-state index is 12.1. The summed E-state index contributed by atoms with van der Waals surface area (Å²) in [6.45, 7) is 5.57. The quantitative estimate of drug-likeness (QED) is 0.745. The Balaban J connectivity index is 2.48. The SMILES string of the molecule is C=CCN(CCO)CC(=O)N(C)Cc1ccc(Cl)s1. The molecule has 6 heteroatoms. The number of rotatable bonds is 8. The van der Waals surface area contributed by atoms with Crippen LogP contribution in [0.15, 0.2) is 24.8 Å². The zero-order valence-electron chi connectivity index (χ0n) is 11.0. The third kappa shape index (κ3) is 5.74. The number of nitrogens with zero attached hydrogens (tertiary/aromatic N) is 2. The van der Waals surface area contributed by atoms with Gasteiger partial charge < -0.3 is 10.0 Å². The molecule has 0 radical (unpaired) electrons. The van der Waals surface area contributed by atoms with E-state index in [1.165, 1.54) is 11.3 Å². The lowest BCUT2D eigenvalue weighted by Gasteiger charge is -2.23. The van der Waals surface area contributed by atoms with Gasteiger partial charge in [-0.25, -0.2) is 0 Å². The van der Waals surface area contributed by atoms with E-state index in [-0.39, 0.29) is 19.1 Å². The topological polar surface area (TPSA) is 43.8 Å². The molecule has 0 saturated carbocycles. The molecule has 0 aliphatic heterocycles. The largest absolute Gasteiger partial charge is 0.395 e. The highest BCUT2D eigenvalue weighted by Gasteiger charge is 2.14. The normalized spacial score (nSPS) is 10.7. The number of hydrogen-bond acceptors (Lipinski definition) is 4. The van der Waals surface area contributed by atoms with E-state index in [9.17, 15) is 4.79 Å². The van der Waals surface area contributed by atoms with E-state index in [1.54, 1.807) is 18.0 Å². The monoisotopic (exact) mass is 302 g/mol. The van der Waals surface area contributed by atoms with Gasteiger partial charge in [0.2, 0.25) is 5.91 Å². The summed E-state index contributed by atoms with van der Waals surface area (Å²) in [6.07, 6.45) is 1.72. The van der Waals surface area contributed by atoms with E-state index < -0.39 is 0 Å². The van der Waals surface area contributed by atoms with Gasteiger partial charge >= 0.3 is 0 Å². The molecule has 0 aliphatic carbocycles. The third-order valence-electron chi connectivity index (χ3n) is 2.61. The molecule has 19 heavy (non-hydrogen) atoms. The van der Waals surface area contributed by atoms with Gasteiger partial charge in [-0.1, -0.05) is 17.7 Å². The maximum Gasteiger partial charge on any atom is 0.236 e. The van der Waals surface area contributed by atoms with Crippen LogP contribution in [-0.2, 0) is 11.3 Å². The Morgan fingerprint density at radius 2 is 2.32 bits per heavy atom. The zero-order chi connectivity index (χ0) is 14.3. The molecule has 0 fully saturated rings. The van der Waals surface area contributed by atoms with Crippen molar-refractivity contribution in [3.8, 4) is 0 Å². The minimum atomic E-state index is 0.0137. The van der Waals surface area contributed by atoms with Gasteiger partial charge in [-0.3, -0.25) is 9.69 Å². The lowest BCUT2D eigenvalue weighted by molar-refractivity contribution is -0.131. The van der Waals surface area contributed by atoms with Gasteiger partial charge in [0, 0.05) is 25.0 Å². The number of halogens is 1. The molecule has 0 unspecified atom stereocenters. The van der Waals surface area contributed by atoms with Crippen molar-refractivity contribution < 1.29 is 9.90 Å². The molecule has 4 nitrogen and oxygen atoms in total. The number of aliphatic hydroxyl groups excluding tert-OH is 1. The smallest absolute Gasteiger partial charge is 0.236 e. The first-order valence-corrected chi connectivity index (χ1v) is 7.18. The number of amides is 1. The Bertz CT molecular complexity index is 423. The lowest BCUT2D eigenvalue weighted by atomic mass is 10.3. The Labute approximate surface area is 122 Å². The predicted octanol–water partition coefficient (Wildman–Crippen LogP) is 1.84. The molecular weight excluding hydrogens is 284 g/mol. The van der Waals surface area contributed by atoms with Crippen LogP contribution in [0.25, 0.3) is 0 Å². The van der Waals surface area contributed by atoms with Gasteiger partial charge in [0.1, 0.15) is 0 Å². The Hall–Kier alpha value is -0.880. The van der Waals surface area contributed by atoms with Crippen LogP contribution in [0.3, 0.4) is 0 Å². The highest BCUT2D eigenvalue weighted by atomic mass is 35.5. The summed E-state index contributed by atoms with van der Waals surface area (Å²) in [7, 11) is 1.76. The van der Waals surface area contributed by atoms with E-state index >= 15 is 0 Å². The van der Waals surface area contributed by atoms with Gasteiger partial charge in [-0.05, 0) is 12.1 Å². The van der Waals surface area contributed by atoms with Crippen molar-refractivity contribution in [2.45, 2.75) is 6.54 Å². The zero-order valence-corrected chi connectivity index (χ0v) is 12.6. The standard InChI is InChI=1S/C13H19ClN2O2S/c1-3-6-16(7-8-17)10-13(18)15(2)9-11-4-5-12(14)19-11/h3-5,17H,1,6-10H2,2H3. The van der Waals surface area contributed by atoms with Crippen molar-refractivity contribution in [3.05, 3.63) is 34.0 Å². The van der Waals surface area contributed by atoms with E-state index in [0.29, 0.717) is 19.6 Å². The molecule has 1 rings (SSSR count). The molecule has 0 atom stereocenters. The number of aliphatic hydroxyl groups is 1. The van der Waals surface area contributed by atoms with E-state index in [2.05, 4.69) is 6.58 Å². The molecule has 1 heterocycles.